The number of aryl methyl sites for hydroxylation is 1. The molecule has 4 rings (SSSR count). The standard InChI is InChI=1S/C27H26N4O3S/c1-19-8-10-20(11-9-19)24(32)18-35-27-30-29-25(31(27)22-6-4-3-5-7-22)16-17-28-26(33)21-12-14-23(34-2)15-13-21/h3-15H,16-18H2,1-2H3,(H,28,33). The summed E-state index contributed by atoms with van der Waals surface area (Å²) in [6.45, 7) is 2.38. The molecule has 0 aliphatic carbocycles. The van der Waals surface area contributed by atoms with E-state index in [4.69, 9.17) is 4.74 Å². The predicted molar refractivity (Wildman–Crippen MR) is 137 cm³/mol. The van der Waals surface area contributed by atoms with Crippen molar-refractivity contribution in [2.75, 3.05) is 19.4 Å². The van der Waals surface area contributed by atoms with Crippen LogP contribution in [0.1, 0.15) is 32.1 Å². The number of hydrogen-bond acceptors (Lipinski definition) is 6. The molecule has 8 heteroatoms. The third-order valence-corrected chi connectivity index (χ3v) is 6.34. The summed E-state index contributed by atoms with van der Waals surface area (Å²) in [5.41, 5.74) is 3.25. The van der Waals surface area contributed by atoms with E-state index in [-0.39, 0.29) is 17.4 Å². The van der Waals surface area contributed by atoms with Crippen LogP contribution < -0.4 is 10.1 Å². The Morgan fingerprint density at radius 2 is 1.60 bits per heavy atom. The van der Waals surface area contributed by atoms with E-state index in [9.17, 15) is 9.59 Å². The fourth-order valence-electron chi connectivity index (χ4n) is 3.48. The number of ether oxygens (including phenoxy) is 1. The largest absolute Gasteiger partial charge is 0.497 e. The van der Waals surface area contributed by atoms with Crippen LogP contribution in [-0.4, -0.2) is 45.9 Å². The lowest BCUT2D eigenvalue weighted by Crippen LogP contribution is -2.26. The Morgan fingerprint density at radius 3 is 2.29 bits per heavy atom. The molecule has 4 aromatic rings. The van der Waals surface area contributed by atoms with Crippen LogP contribution >= 0.6 is 11.8 Å². The summed E-state index contributed by atoms with van der Waals surface area (Å²) in [6.07, 6.45) is 0.482. The first-order chi connectivity index (χ1) is 17.0. The number of benzene rings is 3. The number of nitrogens with zero attached hydrogens (tertiary/aromatic N) is 3. The summed E-state index contributed by atoms with van der Waals surface area (Å²) in [4.78, 5) is 25.2. The number of carbonyl (C=O) groups is 2. The normalized spacial score (nSPS) is 10.7. The number of nitrogens with one attached hydrogen (secondary N) is 1. The molecule has 0 spiro atoms. The molecule has 7 nitrogen and oxygen atoms in total. The average molecular weight is 487 g/mol. The van der Waals surface area contributed by atoms with E-state index < -0.39 is 0 Å². The Balaban J connectivity index is 1.44. The van der Waals surface area contributed by atoms with Gasteiger partial charge in [0.05, 0.1) is 12.9 Å². The Bertz CT molecular complexity index is 1290. The lowest BCUT2D eigenvalue weighted by molar-refractivity contribution is 0.0953. The van der Waals surface area contributed by atoms with Gasteiger partial charge in [0.2, 0.25) is 0 Å². The summed E-state index contributed by atoms with van der Waals surface area (Å²) >= 11 is 1.35. The minimum Gasteiger partial charge on any atom is -0.497 e. The van der Waals surface area contributed by atoms with Crippen molar-refractivity contribution in [1.29, 1.82) is 0 Å². The number of Topliss-reactive ketones (excluding diaryl/α,β-unsaturated/α-hetero) is 1. The van der Waals surface area contributed by atoms with Gasteiger partial charge >= 0.3 is 0 Å². The fraction of sp³-hybridized carbons (Fsp3) is 0.185. The van der Waals surface area contributed by atoms with E-state index in [0.717, 1.165) is 11.3 Å². The second-order valence-corrected chi connectivity index (χ2v) is 8.82. The zero-order valence-corrected chi connectivity index (χ0v) is 20.4. The van der Waals surface area contributed by atoms with Gasteiger partial charge < -0.3 is 10.1 Å². The van der Waals surface area contributed by atoms with E-state index in [2.05, 4.69) is 15.5 Å². The van der Waals surface area contributed by atoms with Crippen LogP contribution in [0.4, 0.5) is 0 Å². The summed E-state index contributed by atoms with van der Waals surface area (Å²) in [5, 5.41) is 12.3. The van der Waals surface area contributed by atoms with Gasteiger partial charge in [-0.2, -0.15) is 0 Å². The van der Waals surface area contributed by atoms with Crippen LogP contribution in [0.15, 0.2) is 84.0 Å². The molecular formula is C27H26N4O3S. The van der Waals surface area contributed by atoms with Gasteiger partial charge in [0.15, 0.2) is 10.9 Å². The van der Waals surface area contributed by atoms with Gasteiger partial charge in [-0.15, -0.1) is 10.2 Å². The van der Waals surface area contributed by atoms with E-state index in [1.165, 1.54) is 11.8 Å². The molecule has 0 aliphatic heterocycles. The Kier molecular flexibility index (Phi) is 7.95. The van der Waals surface area contributed by atoms with Crippen LogP contribution in [0.5, 0.6) is 5.75 Å². The first kappa shape index (κ1) is 24.2. The van der Waals surface area contributed by atoms with Crippen LogP contribution in [-0.2, 0) is 6.42 Å². The summed E-state index contributed by atoms with van der Waals surface area (Å²) in [7, 11) is 1.59. The van der Waals surface area contributed by atoms with Crippen molar-refractivity contribution in [3.05, 3.63) is 101 Å². The quantitative estimate of drug-likeness (QED) is 0.262. The molecule has 0 bridgehead atoms. The zero-order valence-electron chi connectivity index (χ0n) is 19.6. The molecule has 178 valence electrons. The lowest BCUT2D eigenvalue weighted by Gasteiger charge is -2.11. The zero-order chi connectivity index (χ0) is 24.6. The number of aromatic nitrogens is 3. The van der Waals surface area contributed by atoms with Crippen molar-refractivity contribution >= 4 is 23.5 Å². The third-order valence-electron chi connectivity index (χ3n) is 5.41. The molecule has 0 saturated heterocycles. The summed E-state index contributed by atoms with van der Waals surface area (Å²) in [6, 6.07) is 24.3. The molecule has 0 radical (unpaired) electrons. The maximum Gasteiger partial charge on any atom is 0.251 e. The molecule has 3 aromatic carbocycles. The second-order valence-electron chi connectivity index (χ2n) is 7.88. The van der Waals surface area contributed by atoms with Gasteiger partial charge in [-0.1, -0.05) is 59.8 Å². The first-order valence-corrected chi connectivity index (χ1v) is 12.2. The van der Waals surface area contributed by atoms with E-state index >= 15 is 0 Å². The predicted octanol–water partition coefficient (Wildman–Crippen LogP) is 4.53. The van der Waals surface area contributed by atoms with Crippen LogP contribution in [0, 0.1) is 6.92 Å². The molecule has 0 saturated carbocycles. The van der Waals surface area contributed by atoms with Crippen molar-refractivity contribution in [2.24, 2.45) is 0 Å². The van der Waals surface area contributed by atoms with Gasteiger partial charge in [-0.25, -0.2) is 0 Å². The van der Waals surface area contributed by atoms with Crippen molar-refractivity contribution in [3.63, 3.8) is 0 Å². The maximum atomic E-state index is 12.7. The number of para-hydroxylation sites is 1. The molecule has 0 atom stereocenters. The topological polar surface area (TPSA) is 86.1 Å². The van der Waals surface area contributed by atoms with Crippen molar-refractivity contribution in [3.8, 4) is 11.4 Å². The van der Waals surface area contributed by atoms with E-state index in [1.54, 1.807) is 31.4 Å². The second kappa shape index (κ2) is 11.5. The Labute approximate surface area is 208 Å². The minimum atomic E-state index is -0.170. The highest BCUT2D eigenvalue weighted by molar-refractivity contribution is 7.99. The number of carbonyl (C=O) groups excluding carboxylic acids is 2. The molecule has 1 heterocycles. The SMILES string of the molecule is COc1ccc(C(=O)NCCc2nnc(SCC(=O)c3ccc(C)cc3)n2-c2ccccc2)cc1. The molecular weight excluding hydrogens is 460 g/mol. The number of hydrogen-bond donors (Lipinski definition) is 1. The summed E-state index contributed by atoms with van der Waals surface area (Å²) in [5.74, 6) is 1.52. The number of ketones is 1. The van der Waals surface area contributed by atoms with E-state index in [0.29, 0.717) is 40.8 Å². The molecule has 0 unspecified atom stereocenters. The third kappa shape index (κ3) is 6.16. The number of rotatable bonds is 10. The Hall–Kier alpha value is -3.91. The monoisotopic (exact) mass is 486 g/mol. The van der Waals surface area contributed by atoms with Crippen LogP contribution in [0.3, 0.4) is 0 Å². The van der Waals surface area contributed by atoms with Crippen LogP contribution in [0.25, 0.3) is 5.69 Å². The maximum absolute atomic E-state index is 12.7. The highest BCUT2D eigenvalue weighted by Gasteiger charge is 2.17. The van der Waals surface area contributed by atoms with Gasteiger partial charge in [-0.3, -0.25) is 14.2 Å². The average Bonchev–Trinajstić information content (AvgIpc) is 3.30. The molecule has 0 aliphatic rings. The minimum absolute atomic E-state index is 0.0333. The van der Waals surface area contributed by atoms with Crippen molar-refractivity contribution in [2.45, 2.75) is 18.5 Å². The highest BCUT2D eigenvalue weighted by atomic mass is 32.2. The fourth-order valence-corrected chi connectivity index (χ4v) is 4.34. The van der Waals surface area contributed by atoms with Crippen molar-refractivity contribution in [1.82, 2.24) is 20.1 Å². The lowest BCUT2D eigenvalue weighted by atomic mass is 10.1. The van der Waals surface area contributed by atoms with Gasteiger partial charge in [0, 0.05) is 29.8 Å². The molecule has 35 heavy (non-hydrogen) atoms. The summed E-state index contributed by atoms with van der Waals surface area (Å²) < 4.78 is 7.07. The van der Waals surface area contributed by atoms with E-state index in [1.807, 2.05) is 66.1 Å². The van der Waals surface area contributed by atoms with Gasteiger partial charge in [0.1, 0.15) is 11.6 Å². The van der Waals surface area contributed by atoms with Crippen molar-refractivity contribution < 1.29 is 14.3 Å². The molecule has 1 amide bonds. The number of amides is 1. The van der Waals surface area contributed by atoms with Gasteiger partial charge in [-0.05, 0) is 43.3 Å². The first-order valence-electron chi connectivity index (χ1n) is 11.2. The molecule has 0 fully saturated rings. The Morgan fingerprint density at radius 1 is 0.914 bits per heavy atom. The molecule has 1 aromatic heterocycles. The van der Waals surface area contributed by atoms with Crippen LogP contribution in [0.2, 0.25) is 0 Å². The van der Waals surface area contributed by atoms with Gasteiger partial charge in [0.25, 0.3) is 5.91 Å². The smallest absolute Gasteiger partial charge is 0.251 e. The molecule has 1 N–H and O–H groups in total. The number of methoxy groups -OCH3 is 1. The highest BCUT2D eigenvalue weighted by Crippen LogP contribution is 2.23. The number of thioether (sulfide) groups is 1.